The first-order chi connectivity index (χ1) is 12.2. The van der Waals surface area contributed by atoms with Gasteiger partial charge in [0.1, 0.15) is 17.3 Å². The van der Waals surface area contributed by atoms with Crippen molar-refractivity contribution in [3.63, 3.8) is 0 Å². The van der Waals surface area contributed by atoms with E-state index in [0.29, 0.717) is 18.8 Å². The summed E-state index contributed by atoms with van der Waals surface area (Å²) in [6.45, 7) is 7.00. The van der Waals surface area contributed by atoms with Gasteiger partial charge in [0.2, 0.25) is 0 Å². The average molecular weight is 377 g/mol. The summed E-state index contributed by atoms with van der Waals surface area (Å²) in [6.07, 6.45) is -0.546. The number of ether oxygens (including phenoxy) is 2. The fourth-order valence-corrected chi connectivity index (χ4v) is 2.96. The highest BCUT2D eigenvalue weighted by Gasteiger charge is 2.24. The van der Waals surface area contributed by atoms with Gasteiger partial charge in [0.15, 0.2) is 6.10 Å². The molecule has 2 aromatic rings. The van der Waals surface area contributed by atoms with Crippen molar-refractivity contribution in [1.29, 1.82) is 0 Å². The predicted molar refractivity (Wildman–Crippen MR) is 102 cm³/mol. The molecule has 0 aliphatic heterocycles. The molecule has 1 N–H and O–H groups in total. The first-order valence-electron chi connectivity index (χ1n) is 8.60. The second-order valence-electron chi connectivity index (χ2n) is 7.41. The molecule has 0 heterocycles. The summed E-state index contributed by atoms with van der Waals surface area (Å²) in [7, 11) is -1.31. The van der Waals surface area contributed by atoms with Gasteiger partial charge >= 0.3 is 5.97 Å². The zero-order valence-corrected chi connectivity index (χ0v) is 16.4. The number of rotatable bonds is 8. The maximum Gasteiger partial charge on any atom is 0.347 e. The topological polar surface area (TPSA) is 55.8 Å². The van der Waals surface area contributed by atoms with Crippen LogP contribution in [0.25, 0.3) is 0 Å². The number of phenolic OH excluding ortho intramolecular Hbond substituents is 1. The Morgan fingerprint density at radius 3 is 2.27 bits per heavy atom. The van der Waals surface area contributed by atoms with Crippen LogP contribution >= 0.6 is 0 Å². The Labute approximate surface area is 154 Å². The highest BCUT2D eigenvalue weighted by Crippen LogP contribution is 2.18. The minimum absolute atomic E-state index is 0.155. The Balaban J connectivity index is 2.07. The number of benzene rings is 2. The van der Waals surface area contributed by atoms with Crippen molar-refractivity contribution >= 4 is 14.0 Å². The number of hydrogen-bond donors (Lipinski definition) is 1. The van der Waals surface area contributed by atoms with E-state index in [1.807, 2.05) is 0 Å². The van der Waals surface area contributed by atoms with Crippen LogP contribution in [-0.4, -0.2) is 31.9 Å². The van der Waals surface area contributed by atoms with E-state index in [1.54, 1.807) is 24.3 Å². The fourth-order valence-electron chi connectivity index (χ4n) is 2.25. The monoisotopic (exact) mass is 376 g/mol. The Morgan fingerprint density at radius 2 is 1.69 bits per heavy atom. The minimum atomic E-state index is -1.31. The molecule has 0 saturated heterocycles. The maximum atomic E-state index is 13.1. The summed E-state index contributed by atoms with van der Waals surface area (Å²) >= 11 is 0. The van der Waals surface area contributed by atoms with E-state index in [1.165, 1.54) is 24.3 Å². The molecule has 0 aliphatic rings. The van der Waals surface area contributed by atoms with Crippen molar-refractivity contribution in [3.05, 3.63) is 59.9 Å². The van der Waals surface area contributed by atoms with Crippen LogP contribution in [0.2, 0.25) is 25.7 Å². The van der Waals surface area contributed by atoms with Crippen molar-refractivity contribution in [2.75, 3.05) is 6.61 Å². The Kier molecular flexibility index (Phi) is 6.80. The van der Waals surface area contributed by atoms with E-state index in [2.05, 4.69) is 19.6 Å². The molecule has 6 heteroatoms. The molecule has 0 radical (unpaired) electrons. The van der Waals surface area contributed by atoms with Gasteiger partial charge in [-0.3, -0.25) is 0 Å². The Bertz CT molecular complexity index is 661. The first kappa shape index (κ1) is 20.0. The van der Waals surface area contributed by atoms with Crippen molar-refractivity contribution in [2.45, 2.75) is 38.2 Å². The summed E-state index contributed by atoms with van der Waals surface area (Å²) in [5.41, 5.74) is 0.831. The molecular weight excluding hydrogens is 351 g/mol. The molecule has 1 atom stereocenters. The Morgan fingerprint density at radius 1 is 1.08 bits per heavy atom. The lowest BCUT2D eigenvalue weighted by Crippen LogP contribution is -2.33. The molecule has 4 nitrogen and oxygen atoms in total. The molecule has 26 heavy (non-hydrogen) atoms. The van der Waals surface area contributed by atoms with E-state index < -0.39 is 20.1 Å². The van der Waals surface area contributed by atoms with Gasteiger partial charge < -0.3 is 14.6 Å². The number of hydrogen-bond acceptors (Lipinski definition) is 4. The number of aromatic hydroxyl groups is 1. The second kappa shape index (κ2) is 8.85. The van der Waals surface area contributed by atoms with Crippen LogP contribution in [0.1, 0.15) is 5.56 Å². The van der Waals surface area contributed by atoms with Gasteiger partial charge in [-0.15, -0.1) is 0 Å². The van der Waals surface area contributed by atoms with Gasteiger partial charge in [0, 0.05) is 14.5 Å². The molecule has 0 aromatic heterocycles. The molecule has 2 aromatic carbocycles. The van der Waals surface area contributed by atoms with Crippen molar-refractivity contribution in [3.8, 4) is 11.5 Å². The van der Waals surface area contributed by atoms with Gasteiger partial charge in [-0.1, -0.05) is 31.8 Å². The molecule has 0 amide bonds. The minimum Gasteiger partial charge on any atom is -0.508 e. The summed E-state index contributed by atoms with van der Waals surface area (Å²) in [5.74, 6) is -0.259. The molecule has 140 valence electrons. The number of halogens is 1. The summed E-state index contributed by atoms with van der Waals surface area (Å²) in [5, 5.41) is 9.40. The third-order valence-corrected chi connectivity index (χ3v) is 5.51. The second-order valence-corrected chi connectivity index (χ2v) is 13.0. The van der Waals surface area contributed by atoms with Crippen molar-refractivity contribution < 1.29 is 23.8 Å². The standard InChI is InChI=1S/C20H25FO4Si/c1-26(2,3)13-12-24-20(23)19(14-15-4-8-17(22)9-5-15)25-18-10-6-16(21)7-11-18/h4-11,19,22H,12-14H2,1-3H3/t19-/m0/s1. The van der Waals surface area contributed by atoms with E-state index >= 15 is 0 Å². The number of phenols is 1. The van der Waals surface area contributed by atoms with Crippen LogP contribution in [0.15, 0.2) is 48.5 Å². The zero-order chi connectivity index (χ0) is 19.2. The largest absolute Gasteiger partial charge is 0.508 e. The Hall–Kier alpha value is -2.34. The van der Waals surface area contributed by atoms with E-state index in [0.717, 1.165) is 11.6 Å². The lowest BCUT2D eigenvalue weighted by molar-refractivity contribution is -0.151. The quantitative estimate of drug-likeness (QED) is 0.548. The lowest BCUT2D eigenvalue weighted by atomic mass is 10.1. The molecule has 2 rings (SSSR count). The van der Waals surface area contributed by atoms with Gasteiger partial charge in [-0.2, -0.15) is 0 Å². The van der Waals surface area contributed by atoms with Gasteiger partial charge in [-0.25, -0.2) is 9.18 Å². The maximum absolute atomic E-state index is 13.1. The zero-order valence-electron chi connectivity index (χ0n) is 15.4. The van der Waals surface area contributed by atoms with E-state index in [4.69, 9.17) is 9.47 Å². The normalized spacial score (nSPS) is 12.5. The van der Waals surface area contributed by atoms with E-state index in [9.17, 15) is 14.3 Å². The molecule has 0 unspecified atom stereocenters. The fraction of sp³-hybridized carbons (Fsp3) is 0.350. The third-order valence-electron chi connectivity index (χ3n) is 3.81. The molecule has 0 fully saturated rings. The van der Waals surface area contributed by atoms with Crippen LogP contribution in [0, 0.1) is 5.82 Å². The number of carbonyl (C=O) groups is 1. The van der Waals surface area contributed by atoms with Crippen molar-refractivity contribution in [1.82, 2.24) is 0 Å². The van der Waals surface area contributed by atoms with Gasteiger partial charge in [-0.05, 0) is 48.0 Å². The van der Waals surface area contributed by atoms with Gasteiger partial charge in [0.25, 0.3) is 0 Å². The van der Waals surface area contributed by atoms with Crippen LogP contribution < -0.4 is 4.74 Å². The summed E-state index contributed by atoms with van der Waals surface area (Å²) in [6, 6.07) is 13.0. The lowest BCUT2D eigenvalue weighted by Gasteiger charge is -2.20. The molecule has 0 bridgehead atoms. The predicted octanol–water partition coefficient (Wildman–Crippen LogP) is 4.40. The SMILES string of the molecule is C[Si](C)(C)CCOC(=O)[C@H](Cc1ccc(O)cc1)Oc1ccc(F)cc1. The molecular formula is C20H25FO4Si. The molecule has 0 aliphatic carbocycles. The first-order valence-corrected chi connectivity index (χ1v) is 12.3. The van der Waals surface area contributed by atoms with Crippen LogP contribution in [0.5, 0.6) is 11.5 Å². The van der Waals surface area contributed by atoms with Crippen LogP contribution in [-0.2, 0) is 16.0 Å². The van der Waals surface area contributed by atoms with Crippen LogP contribution in [0.4, 0.5) is 4.39 Å². The molecule has 0 spiro atoms. The third kappa shape index (κ3) is 6.88. The molecule has 0 saturated carbocycles. The highest BCUT2D eigenvalue weighted by atomic mass is 28.3. The summed E-state index contributed by atoms with van der Waals surface area (Å²) < 4.78 is 24.3. The van der Waals surface area contributed by atoms with E-state index in [-0.39, 0.29) is 11.6 Å². The number of esters is 1. The van der Waals surface area contributed by atoms with Crippen molar-refractivity contribution in [2.24, 2.45) is 0 Å². The highest BCUT2D eigenvalue weighted by molar-refractivity contribution is 6.76. The van der Waals surface area contributed by atoms with Gasteiger partial charge in [0.05, 0.1) is 6.61 Å². The number of carbonyl (C=O) groups excluding carboxylic acids is 1. The smallest absolute Gasteiger partial charge is 0.347 e. The average Bonchev–Trinajstić information content (AvgIpc) is 2.57. The van der Waals surface area contributed by atoms with Crippen LogP contribution in [0.3, 0.4) is 0 Å². The summed E-state index contributed by atoms with van der Waals surface area (Å²) in [4.78, 5) is 12.5.